The molecule has 0 heterocycles. The smallest absolute Gasteiger partial charge is 0.359 e. The summed E-state index contributed by atoms with van der Waals surface area (Å²) in [6.45, 7) is 4.00. The second-order valence-corrected chi connectivity index (χ2v) is 9.46. The van der Waals surface area contributed by atoms with Crippen LogP contribution in [0.1, 0.15) is 78.1 Å². The highest BCUT2D eigenvalue weighted by Crippen LogP contribution is 2.31. The van der Waals surface area contributed by atoms with Crippen LogP contribution in [0.5, 0.6) is 0 Å². The van der Waals surface area contributed by atoms with Gasteiger partial charge in [0.05, 0.1) is 12.2 Å². The summed E-state index contributed by atoms with van der Waals surface area (Å²) < 4.78 is 18.2. The van der Waals surface area contributed by atoms with E-state index < -0.39 is 8.11 Å². The third-order valence-electron chi connectivity index (χ3n) is 4.10. The van der Waals surface area contributed by atoms with E-state index in [1.165, 1.54) is 38.5 Å². The molecular formula is C15H29ClO3Si. The normalized spacial score (nSPS) is 23.4. The van der Waals surface area contributed by atoms with Gasteiger partial charge in [-0.15, -0.1) is 0 Å². The van der Waals surface area contributed by atoms with Crippen molar-refractivity contribution < 1.29 is 13.3 Å². The topological polar surface area (TPSA) is 27.7 Å². The fraction of sp³-hybridized carbons (Fsp3) is 1.00. The van der Waals surface area contributed by atoms with E-state index in [2.05, 4.69) is 0 Å². The zero-order valence-electron chi connectivity index (χ0n) is 12.9. The maximum atomic E-state index is 6.67. The van der Waals surface area contributed by atoms with Gasteiger partial charge in [-0.05, 0) is 39.5 Å². The molecule has 118 valence electrons. The Morgan fingerprint density at radius 1 is 0.800 bits per heavy atom. The third kappa shape index (κ3) is 5.64. The summed E-state index contributed by atoms with van der Waals surface area (Å²) in [5, 5.41) is 0. The second kappa shape index (κ2) is 8.13. The van der Waals surface area contributed by atoms with Crippen molar-refractivity contribution in [3.63, 3.8) is 0 Å². The number of rotatable bonds is 6. The number of hydrogen-bond donors (Lipinski definition) is 0. The molecule has 0 unspecified atom stereocenters. The van der Waals surface area contributed by atoms with Crippen molar-refractivity contribution in [1.29, 1.82) is 0 Å². The molecule has 2 rings (SSSR count). The zero-order chi connectivity index (χ0) is 14.4. The van der Waals surface area contributed by atoms with Crippen LogP contribution in [0, 0.1) is 0 Å². The predicted octanol–water partition coefficient (Wildman–Crippen LogP) is 4.78. The van der Waals surface area contributed by atoms with E-state index in [4.69, 9.17) is 24.4 Å². The van der Waals surface area contributed by atoms with Crippen LogP contribution in [0.15, 0.2) is 0 Å². The Kier molecular flexibility index (Phi) is 6.81. The lowest BCUT2D eigenvalue weighted by atomic mass is 9.98. The third-order valence-corrected chi connectivity index (χ3v) is 6.88. The van der Waals surface area contributed by atoms with Gasteiger partial charge >= 0.3 is 8.11 Å². The summed E-state index contributed by atoms with van der Waals surface area (Å²) in [5.41, 5.74) is 0. The van der Waals surface area contributed by atoms with Gasteiger partial charge in [-0.3, -0.25) is 0 Å². The standard InChI is InChI=1S/C15H29ClO3Si/c1-13(2)17-20(16,18-14-9-5-3-6-10-14)19-15-11-7-4-8-12-15/h13-15H,3-12H2,1-2H3. The highest BCUT2D eigenvalue weighted by molar-refractivity contribution is 7.09. The molecule has 3 nitrogen and oxygen atoms in total. The molecule has 0 aliphatic heterocycles. The summed E-state index contributed by atoms with van der Waals surface area (Å²) in [6.07, 6.45) is 12.4. The van der Waals surface area contributed by atoms with Crippen molar-refractivity contribution in [1.82, 2.24) is 0 Å². The van der Waals surface area contributed by atoms with Crippen LogP contribution in [0.2, 0.25) is 0 Å². The molecule has 0 aromatic rings. The van der Waals surface area contributed by atoms with Crippen LogP contribution in [-0.2, 0) is 13.3 Å². The summed E-state index contributed by atoms with van der Waals surface area (Å²) in [7, 11) is -3.02. The Morgan fingerprint density at radius 3 is 1.55 bits per heavy atom. The average molecular weight is 321 g/mol. The van der Waals surface area contributed by atoms with Crippen molar-refractivity contribution in [2.45, 2.75) is 96.4 Å². The largest absolute Gasteiger partial charge is 0.613 e. The van der Waals surface area contributed by atoms with Crippen molar-refractivity contribution in [3.8, 4) is 0 Å². The average Bonchev–Trinajstić information content (AvgIpc) is 2.39. The van der Waals surface area contributed by atoms with Gasteiger partial charge in [-0.25, -0.2) is 0 Å². The molecule has 0 aromatic carbocycles. The molecule has 2 aliphatic rings. The Balaban J connectivity index is 1.91. The molecule has 0 spiro atoms. The predicted molar refractivity (Wildman–Crippen MR) is 83.7 cm³/mol. The first kappa shape index (κ1) is 16.8. The monoisotopic (exact) mass is 320 g/mol. The van der Waals surface area contributed by atoms with E-state index in [0.717, 1.165) is 25.7 Å². The van der Waals surface area contributed by atoms with Crippen LogP contribution < -0.4 is 0 Å². The Morgan fingerprint density at radius 2 is 1.20 bits per heavy atom. The molecule has 2 fully saturated rings. The minimum atomic E-state index is -3.02. The number of halogens is 1. The molecule has 0 amide bonds. The lowest BCUT2D eigenvalue weighted by Crippen LogP contribution is -2.48. The fourth-order valence-corrected chi connectivity index (χ4v) is 6.42. The highest BCUT2D eigenvalue weighted by atomic mass is 35.6. The van der Waals surface area contributed by atoms with Gasteiger partial charge in [0.1, 0.15) is 0 Å². The fourth-order valence-electron chi connectivity index (χ4n) is 3.13. The molecule has 0 atom stereocenters. The molecule has 0 N–H and O–H groups in total. The summed E-state index contributed by atoms with van der Waals surface area (Å²) in [5.74, 6) is 0. The molecule has 0 saturated heterocycles. The molecule has 0 radical (unpaired) electrons. The van der Waals surface area contributed by atoms with Gasteiger partial charge in [-0.1, -0.05) is 49.6 Å². The molecule has 2 aliphatic carbocycles. The maximum absolute atomic E-state index is 6.67. The van der Waals surface area contributed by atoms with E-state index in [9.17, 15) is 0 Å². The van der Waals surface area contributed by atoms with E-state index >= 15 is 0 Å². The van der Waals surface area contributed by atoms with E-state index in [1.54, 1.807) is 0 Å². The first-order valence-corrected chi connectivity index (χ1v) is 11.0. The minimum Gasteiger partial charge on any atom is -0.359 e. The van der Waals surface area contributed by atoms with Crippen LogP contribution in [0.3, 0.4) is 0 Å². The minimum absolute atomic E-state index is 0.0475. The molecular weight excluding hydrogens is 292 g/mol. The van der Waals surface area contributed by atoms with Gasteiger partial charge in [0.15, 0.2) is 0 Å². The first-order valence-electron chi connectivity index (χ1n) is 8.30. The lowest BCUT2D eigenvalue weighted by Gasteiger charge is -2.35. The molecule has 20 heavy (non-hydrogen) atoms. The highest BCUT2D eigenvalue weighted by Gasteiger charge is 2.45. The van der Waals surface area contributed by atoms with Crippen LogP contribution >= 0.6 is 11.1 Å². The van der Waals surface area contributed by atoms with Crippen molar-refractivity contribution in [2.24, 2.45) is 0 Å². The molecule has 0 aromatic heterocycles. The van der Waals surface area contributed by atoms with Gasteiger partial charge in [0.25, 0.3) is 0 Å². The van der Waals surface area contributed by atoms with E-state index in [-0.39, 0.29) is 18.3 Å². The first-order chi connectivity index (χ1) is 9.57. The van der Waals surface area contributed by atoms with Crippen LogP contribution in [0.25, 0.3) is 0 Å². The van der Waals surface area contributed by atoms with Crippen LogP contribution in [-0.4, -0.2) is 26.4 Å². The Bertz CT molecular complexity index is 256. The van der Waals surface area contributed by atoms with Crippen LogP contribution in [0.4, 0.5) is 0 Å². The van der Waals surface area contributed by atoms with Gasteiger partial charge in [0, 0.05) is 6.10 Å². The number of hydrogen-bond acceptors (Lipinski definition) is 3. The van der Waals surface area contributed by atoms with Gasteiger partial charge < -0.3 is 13.3 Å². The lowest BCUT2D eigenvalue weighted by molar-refractivity contribution is -0.0118. The molecule has 2 saturated carbocycles. The SMILES string of the molecule is CC(C)O[Si](Cl)(OC1CCCCC1)OC1CCCCC1. The van der Waals surface area contributed by atoms with E-state index in [1.807, 2.05) is 13.8 Å². The maximum Gasteiger partial charge on any atom is 0.613 e. The summed E-state index contributed by atoms with van der Waals surface area (Å²) in [6, 6.07) is 0. The van der Waals surface area contributed by atoms with Crippen molar-refractivity contribution in [2.75, 3.05) is 0 Å². The second-order valence-electron chi connectivity index (χ2n) is 6.40. The molecule has 0 bridgehead atoms. The quantitative estimate of drug-likeness (QED) is 0.520. The Hall–Kier alpha value is 0.387. The van der Waals surface area contributed by atoms with Crippen molar-refractivity contribution in [3.05, 3.63) is 0 Å². The Labute approximate surface area is 129 Å². The molecule has 5 heteroatoms. The summed E-state index contributed by atoms with van der Waals surface area (Å²) >= 11 is 6.67. The van der Waals surface area contributed by atoms with Crippen molar-refractivity contribution >= 4 is 19.2 Å². The van der Waals surface area contributed by atoms with E-state index in [0.29, 0.717) is 0 Å². The zero-order valence-corrected chi connectivity index (χ0v) is 14.7. The van der Waals surface area contributed by atoms with Gasteiger partial charge in [-0.2, -0.15) is 0 Å². The van der Waals surface area contributed by atoms with Gasteiger partial charge in [0.2, 0.25) is 0 Å². The summed E-state index contributed by atoms with van der Waals surface area (Å²) in [4.78, 5) is 0.